The number of fused-ring (bicyclic) bond motifs is 2. The van der Waals surface area contributed by atoms with Crippen molar-refractivity contribution < 1.29 is 9.72 Å². The number of aryl methyl sites for hydroxylation is 2. The predicted octanol–water partition coefficient (Wildman–Crippen LogP) is 6.88. The van der Waals surface area contributed by atoms with E-state index in [1.165, 1.54) is 34.8 Å². The summed E-state index contributed by atoms with van der Waals surface area (Å²) in [5, 5.41) is 12.5. The van der Waals surface area contributed by atoms with Crippen LogP contribution >= 0.6 is 22.7 Å². The molecule has 5 aromatic rings. The van der Waals surface area contributed by atoms with Crippen molar-refractivity contribution in [2.75, 3.05) is 4.90 Å². The molecule has 0 atom stereocenters. The number of nitro benzene ring substituents is 1. The zero-order valence-corrected chi connectivity index (χ0v) is 19.6. The van der Waals surface area contributed by atoms with E-state index in [1.54, 1.807) is 17.0 Å². The van der Waals surface area contributed by atoms with E-state index < -0.39 is 4.92 Å². The lowest BCUT2D eigenvalue weighted by Gasteiger charge is -2.19. The molecule has 2 aromatic heterocycles. The van der Waals surface area contributed by atoms with Crippen molar-refractivity contribution in [1.29, 1.82) is 0 Å². The molecule has 0 fully saturated rings. The lowest BCUT2D eigenvalue weighted by molar-refractivity contribution is -0.384. The molecule has 0 N–H and O–H groups in total. The fourth-order valence-corrected chi connectivity index (χ4v) is 5.72. The summed E-state index contributed by atoms with van der Waals surface area (Å²) >= 11 is 2.83. The van der Waals surface area contributed by atoms with Crippen molar-refractivity contribution in [3.63, 3.8) is 0 Å². The number of non-ortho nitro benzene ring substituents is 1. The molecular weight excluding hydrogens is 454 g/mol. The second-order valence-corrected chi connectivity index (χ2v) is 9.91. The summed E-state index contributed by atoms with van der Waals surface area (Å²) in [7, 11) is 0. The molecule has 3 aromatic carbocycles. The zero-order chi connectivity index (χ0) is 23.1. The lowest BCUT2D eigenvalue weighted by atomic mass is 10.1. The number of carbonyl (C=O) groups excluding carboxylic acids is 1. The van der Waals surface area contributed by atoms with E-state index in [9.17, 15) is 14.9 Å². The molecule has 0 spiro atoms. The quantitative estimate of drug-likeness (QED) is 0.206. The highest BCUT2D eigenvalue weighted by Gasteiger charge is 2.24. The Morgan fingerprint density at radius 3 is 2.52 bits per heavy atom. The first-order chi connectivity index (χ1) is 15.9. The lowest BCUT2D eigenvalue weighted by Crippen LogP contribution is -2.29. The van der Waals surface area contributed by atoms with Crippen molar-refractivity contribution in [2.24, 2.45) is 0 Å². The number of hydrogen-bond acceptors (Lipinski definition) is 6. The zero-order valence-electron chi connectivity index (χ0n) is 17.9. The normalized spacial score (nSPS) is 11.2. The fraction of sp³-hybridized carbons (Fsp3) is 0.120. The predicted molar refractivity (Wildman–Crippen MR) is 135 cm³/mol. The average Bonchev–Trinajstić information content (AvgIpc) is 3.44. The summed E-state index contributed by atoms with van der Waals surface area (Å²) in [5.74, 6) is -0.170. The van der Waals surface area contributed by atoms with E-state index in [0.717, 1.165) is 31.6 Å². The monoisotopic (exact) mass is 473 g/mol. The van der Waals surface area contributed by atoms with Gasteiger partial charge in [-0.15, -0.1) is 11.3 Å². The Balaban J connectivity index is 1.60. The molecule has 2 heterocycles. The first-order valence-electron chi connectivity index (χ1n) is 10.3. The van der Waals surface area contributed by atoms with Gasteiger partial charge in [-0.2, -0.15) is 0 Å². The molecule has 8 heteroatoms. The Hall–Kier alpha value is -3.62. The van der Waals surface area contributed by atoms with E-state index >= 15 is 0 Å². The minimum absolute atomic E-state index is 0.0115. The van der Waals surface area contributed by atoms with Gasteiger partial charge in [0.25, 0.3) is 11.6 Å². The molecule has 0 radical (unpaired) electrons. The van der Waals surface area contributed by atoms with Gasteiger partial charge >= 0.3 is 0 Å². The average molecular weight is 474 g/mol. The Labute approximate surface area is 197 Å². The molecule has 6 nitrogen and oxygen atoms in total. The molecule has 0 aliphatic rings. The SMILES string of the molecule is Cc1ccc2sc(N(Cc3ccccc3)C(=O)c3cc4cc([N+](=O)[O-])ccc4s3)nc2c1C. The van der Waals surface area contributed by atoms with Gasteiger partial charge in [0.2, 0.25) is 0 Å². The third kappa shape index (κ3) is 3.99. The van der Waals surface area contributed by atoms with E-state index in [0.29, 0.717) is 21.9 Å². The summed E-state index contributed by atoms with van der Waals surface area (Å²) in [6.07, 6.45) is 0. The molecule has 164 valence electrons. The molecule has 0 aliphatic carbocycles. The van der Waals surface area contributed by atoms with Crippen LogP contribution in [0.2, 0.25) is 0 Å². The number of benzene rings is 3. The molecule has 0 aliphatic heterocycles. The molecule has 0 saturated carbocycles. The first kappa shape index (κ1) is 21.2. The maximum atomic E-state index is 13.7. The third-order valence-electron chi connectivity index (χ3n) is 5.65. The minimum atomic E-state index is -0.425. The molecule has 0 unspecified atom stereocenters. The molecule has 33 heavy (non-hydrogen) atoms. The van der Waals surface area contributed by atoms with Gasteiger partial charge in [-0.25, -0.2) is 4.98 Å². The topological polar surface area (TPSA) is 76.3 Å². The molecule has 5 rings (SSSR count). The summed E-state index contributed by atoms with van der Waals surface area (Å²) in [6, 6.07) is 20.3. The van der Waals surface area contributed by atoms with Crippen molar-refractivity contribution in [3.8, 4) is 0 Å². The Bertz CT molecular complexity index is 1520. The number of thiazole rings is 1. The number of amides is 1. The van der Waals surface area contributed by atoms with E-state index in [1.807, 2.05) is 43.3 Å². The third-order valence-corrected chi connectivity index (χ3v) is 7.80. The van der Waals surface area contributed by atoms with Crippen molar-refractivity contribution in [2.45, 2.75) is 20.4 Å². The van der Waals surface area contributed by atoms with E-state index in [-0.39, 0.29) is 11.6 Å². The molecular formula is C25H19N3O3S2. The Morgan fingerprint density at radius 1 is 1.00 bits per heavy atom. The highest BCUT2D eigenvalue weighted by atomic mass is 32.1. The van der Waals surface area contributed by atoms with Gasteiger partial charge in [0, 0.05) is 22.2 Å². The Kier molecular flexibility index (Phi) is 5.39. The summed E-state index contributed by atoms with van der Waals surface area (Å²) in [6.45, 7) is 4.48. The highest BCUT2D eigenvalue weighted by Crippen LogP contribution is 2.35. The number of nitro groups is 1. The van der Waals surface area contributed by atoms with Crippen molar-refractivity contribution in [1.82, 2.24) is 4.98 Å². The summed E-state index contributed by atoms with van der Waals surface area (Å²) < 4.78 is 1.87. The van der Waals surface area contributed by atoms with Crippen molar-refractivity contribution in [3.05, 3.63) is 98.4 Å². The van der Waals surface area contributed by atoms with Gasteiger partial charge in [0.05, 0.1) is 26.6 Å². The smallest absolute Gasteiger partial charge is 0.270 e. The van der Waals surface area contributed by atoms with Crippen LogP contribution in [0.25, 0.3) is 20.3 Å². The van der Waals surface area contributed by atoms with E-state index in [4.69, 9.17) is 4.98 Å². The Morgan fingerprint density at radius 2 is 1.76 bits per heavy atom. The van der Waals surface area contributed by atoms with Gasteiger partial charge in [0.1, 0.15) is 0 Å². The van der Waals surface area contributed by atoms with Crippen molar-refractivity contribution >= 4 is 59.7 Å². The number of aromatic nitrogens is 1. The van der Waals surface area contributed by atoms with Gasteiger partial charge < -0.3 is 0 Å². The van der Waals surface area contributed by atoms with Crippen LogP contribution in [-0.2, 0) is 6.54 Å². The van der Waals surface area contributed by atoms with Crippen LogP contribution in [0.4, 0.5) is 10.8 Å². The van der Waals surface area contributed by atoms with E-state index in [2.05, 4.69) is 13.0 Å². The van der Waals surface area contributed by atoms with Gasteiger partial charge in [0.15, 0.2) is 5.13 Å². The number of anilines is 1. The van der Waals surface area contributed by atoms with Crippen LogP contribution in [0.1, 0.15) is 26.4 Å². The molecule has 0 bridgehead atoms. The van der Waals surface area contributed by atoms with Crippen LogP contribution in [0.3, 0.4) is 0 Å². The van der Waals surface area contributed by atoms with Gasteiger partial charge in [-0.1, -0.05) is 47.7 Å². The number of nitrogens with zero attached hydrogens (tertiary/aromatic N) is 3. The van der Waals surface area contributed by atoms with Crippen LogP contribution in [0.15, 0.2) is 66.7 Å². The maximum Gasteiger partial charge on any atom is 0.270 e. The van der Waals surface area contributed by atoms with Crippen LogP contribution in [0, 0.1) is 24.0 Å². The second kappa shape index (κ2) is 8.38. The van der Waals surface area contributed by atoms with Crippen LogP contribution < -0.4 is 4.90 Å². The second-order valence-electron chi connectivity index (χ2n) is 7.82. The largest absolute Gasteiger partial charge is 0.279 e. The fourth-order valence-electron chi connectivity index (χ4n) is 3.70. The molecule has 1 amide bonds. The summed E-state index contributed by atoms with van der Waals surface area (Å²) in [4.78, 5) is 31.5. The standard InChI is InChI=1S/C25H19N3O3S2/c1-15-8-10-21-23(16(15)2)26-25(33-21)27(14-17-6-4-3-5-7-17)24(29)22-13-18-12-19(28(30)31)9-11-20(18)32-22/h3-13H,14H2,1-2H3. The van der Waals surface area contributed by atoms with Crippen LogP contribution in [0.5, 0.6) is 0 Å². The minimum Gasteiger partial charge on any atom is -0.279 e. The van der Waals surface area contributed by atoms with Gasteiger partial charge in [-0.3, -0.25) is 19.8 Å². The number of carbonyl (C=O) groups is 1. The number of rotatable bonds is 5. The number of hydrogen-bond donors (Lipinski definition) is 0. The first-order valence-corrected chi connectivity index (χ1v) is 11.9. The highest BCUT2D eigenvalue weighted by molar-refractivity contribution is 7.23. The van der Waals surface area contributed by atoms with Gasteiger partial charge in [-0.05, 0) is 48.7 Å². The number of thiophene rings is 1. The molecule has 0 saturated heterocycles. The van der Waals surface area contributed by atoms with Crippen LogP contribution in [-0.4, -0.2) is 15.8 Å². The maximum absolute atomic E-state index is 13.7. The summed E-state index contributed by atoms with van der Waals surface area (Å²) in [5.41, 5.74) is 4.18.